The summed E-state index contributed by atoms with van der Waals surface area (Å²) in [6.45, 7) is 7.46. The number of rotatable bonds is 9. The Labute approximate surface area is 210 Å². The number of nitrogens with zero attached hydrogens (tertiary/aromatic N) is 3. The van der Waals surface area contributed by atoms with E-state index in [0.29, 0.717) is 35.9 Å². The van der Waals surface area contributed by atoms with Crippen molar-refractivity contribution in [2.45, 2.75) is 33.3 Å². The highest BCUT2D eigenvalue weighted by atomic mass is 32.2. The lowest BCUT2D eigenvalue weighted by atomic mass is 10.1. The lowest BCUT2D eigenvalue weighted by molar-refractivity contribution is -0.135. The van der Waals surface area contributed by atoms with E-state index in [1.165, 1.54) is 0 Å². The first kappa shape index (κ1) is 24.9. The molecule has 0 bridgehead atoms. The van der Waals surface area contributed by atoms with Crippen molar-refractivity contribution in [3.05, 3.63) is 64.6 Å². The van der Waals surface area contributed by atoms with Gasteiger partial charge in [-0.15, -0.1) is 0 Å². The molecule has 0 unspecified atom stereocenters. The van der Waals surface area contributed by atoms with Crippen molar-refractivity contribution in [3.63, 3.8) is 0 Å². The third kappa shape index (κ3) is 5.88. The molecule has 2 aliphatic heterocycles. The minimum absolute atomic E-state index is 0.179. The van der Waals surface area contributed by atoms with Crippen LogP contribution in [0.1, 0.15) is 37.8 Å². The van der Waals surface area contributed by atoms with E-state index >= 15 is 0 Å². The quantitative estimate of drug-likeness (QED) is 0.469. The fraction of sp³-hybridized carbons (Fsp3) is 0.370. The molecule has 0 atom stereocenters. The highest BCUT2D eigenvalue weighted by Gasteiger charge is 2.37. The first-order valence-corrected chi connectivity index (χ1v) is 12.9. The maximum atomic E-state index is 13.0. The first-order valence-electron chi connectivity index (χ1n) is 12.1. The molecule has 0 radical (unpaired) electrons. The van der Waals surface area contributed by atoms with Gasteiger partial charge in [0.2, 0.25) is 5.91 Å². The van der Waals surface area contributed by atoms with Crippen LogP contribution in [0.15, 0.2) is 53.4 Å². The number of hydrogen-bond donors (Lipinski definition) is 0. The van der Waals surface area contributed by atoms with Crippen LogP contribution in [0.3, 0.4) is 0 Å². The molecular formula is C27H31N3O4S. The van der Waals surface area contributed by atoms with Gasteiger partial charge in [-0.3, -0.25) is 19.3 Å². The van der Waals surface area contributed by atoms with Gasteiger partial charge in [0.15, 0.2) is 0 Å². The summed E-state index contributed by atoms with van der Waals surface area (Å²) in [5.74, 6) is 0.0223. The molecule has 0 spiro atoms. The van der Waals surface area contributed by atoms with E-state index in [4.69, 9.17) is 4.74 Å². The van der Waals surface area contributed by atoms with Gasteiger partial charge in [0.1, 0.15) is 18.9 Å². The third-order valence-electron chi connectivity index (χ3n) is 6.28. The normalized spacial score (nSPS) is 16.9. The van der Waals surface area contributed by atoms with E-state index in [1.54, 1.807) is 11.0 Å². The zero-order valence-corrected chi connectivity index (χ0v) is 21.1. The van der Waals surface area contributed by atoms with Crippen molar-refractivity contribution in [3.8, 4) is 5.75 Å². The lowest BCUT2D eigenvalue weighted by Gasteiger charge is -2.22. The predicted molar refractivity (Wildman–Crippen MR) is 139 cm³/mol. The monoisotopic (exact) mass is 493 g/mol. The highest BCUT2D eigenvalue weighted by Crippen LogP contribution is 2.35. The van der Waals surface area contributed by atoms with E-state index in [-0.39, 0.29) is 12.5 Å². The van der Waals surface area contributed by atoms with E-state index in [1.807, 2.05) is 48.5 Å². The molecule has 4 rings (SSSR count). The fourth-order valence-corrected chi connectivity index (χ4v) is 5.10. The summed E-state index contributed by atoms with van der Waals surface area (Å²) in [6, 6.07) is 15.8. The second kappa shape index (κ2) is 11.4. The number of amides is 3. The average molecular weight is 494 g/mol. The maximum absolute atomic E-state index is 13.0. The van der Waals surface area contributed by atoms with Gasteiger partial charge in [-0.2, -0.15) is 0 Å². The lowest BCUT2D eigenvalue weighted by Crippen LogP contribution is -2.40. The van der Waals surface area contributed by atoms with Crippen LogP contribution in [0.5, 0.6) is 5.75 Å². The number of carbonyl (C=O) groups excluding carboxylic acids is 3. The molecule has 2 saturated heterocycles. The number of hydrogen-bond acceptors (Lipinski definition) is 6. The van der Waals surface area contributed by atoms with Crippen molar-refractivity contribution in [1.82, 2.24) is 9.80 Å². The molecule has 0 aromatic heterocycles. The minimum Gasteiger partial charge on any atom is -0.488 e. The molecular weight excluding hydrogens is 462 g/mol. The number of ether oxygens (including phenoxy) is 1. The number of imide groups is 1. The molecule has 2 aromatic rings. The largest absolute Gasteiger partial charge is 0.488 e. The summed E-state index contributed by atoms with van der Waals surface area (Å²) in [7, 11) is 0. The fourth-order valence-electron chi connectivity index (χ4n) is 4.27. The van der Waals surface area contributed by atoms with Crippen LogP contribution in [0.4, 0.5) is 10.5 Å². The van der Waals surface area contributed by atoms with Crippen LogP contribution in [0, 0.1) is 0 Å². The number of likely N-dealkylation sites (tertiary alicyclic amines) is 1. The van der Waals surface area contributed by atoms with E-state index in [0.717, 1.165) is 53.8 Å². The predicted octanol–water partition coefficient (Wildman–Crippen LogP) is 4.77. The Balaban J connectivity index is 1.57. The van der Waals surface area contributed by atoms with Crippen molar-refractivity contribution in [2.75, 3.05) is 37.6 Å². The summed E-state index contributed by atoms with van der Waals surface area (Å²) in [5.41, 5.74) is 2.78. The van der Waals surface area contributed by atoms with Gasteiger partial charge in [-0.05, 0) is 62.2 Å². The summed E-state index contributed by atoms with van der Waals surface area (Å²) in [6.07, 6.45) is 3.61. The Hall–Kier alpha value is -3.26. The molecule has 0 aliphatic carbocycles. The Morgan fingerprint density at radius 1 is 1.06 bits per heavy atom. The summed E-state index contributed by atoms with van der Waals surface area (Å²) >= 11 is 0.866. The van der Waals surface area contributed by atoms with Crippen molar-refractivity contribution < 1.29 is 19.1 Å². The highest BCUT2D eigenvalue weighted by molar-refractivity contribution is 8.18. The number of carbonyl (C=O) groups is 3. The molecule has 35 heavy (non-hydrogen) atoms. The van der Waals surface area contributed by atoms with E-state index < -0.39 is 11.1 Å². The molecule has 7 nitrogen and oxygen atoms in total. The number of benzene rings is 2. The van der Waals surface area contributed by atoms with Crippen LogP contribution in [0.2, 0.25) is 0 Å². The maximum Gasteiger partial charge on any atom is 0.294 e. The van der Waals surface area contributed by atoms with Crippen LogP contribution in [0.25, 0.3) is 6.08 Å². The first-order chi connectivity index (χ1) is 17.0. The van der Waals surface area contributed by atoms with Crippen LogP contribution in [-0.4, -0.2) is 59.6 Å². The van der Waals surface area contributed by atoms with Crippen molar-refractivity contribution in [2.24, 2.45) is 0 Å². The van der Waals surface area contributed by atoms with Gasteiger partial charge in [-0.25, -0.2) is 0 Å². The zero-order chi connectivity index (χ0) is 24.8. The minimum atomic E-state index is -0.436. The molecule has 2 aliphatic rings. The van der Waals surface area contributed by atoms with Crippen LogP contribution in [-0.2, 0) is 16.2 Å². The molecule has 0 N–H and O–H groups in total. The van der Waals surface area contributed by atoms with Gasteiger partial charge in [0.25, 0.3) is 11.1 Å². The molecule has 184 valence electrons. The van der Waals surface area contributed by atoms with Gasteiger partial charge >= 0.3 is 0 Å². The van der Waals surface area contributed by atoms with Gasteiger partial charge in [-0.1, -0.05) is 30.3 Å². The third-order valence-corrected chi connectivity index (χ3v) is 7.18. The zero-order valence-electron chi connectivity index (χ0n) is 20.2. The SMILES string of the molecule is CCN(CC)c1ccc(/C=C2\SC(=O)N(CC(=O)N3CCCC3)C2=O)c(OCc2ccccc2)c1. The molecule has 2 aromatic carbocycles. The number of anilines is 1. The number of thioether (sulfide) groups is 1. The van der Waals surface area contributed by atoms with E-state index in [9.17, 15) is 14.4 Å². The summed E-state index contributed by atoms with van der Waals surface area (Å²) in [4.78, 5) is 43.4. The Morgan fingerprint density at radius 2 is 1.77 bits per heavy atom. The topological polar surface area (TPSA) is 70.2 Å². The average Bonchev–Trinajstić information content (AvgIpc) is 3.50. The molecule has 0 saturated carbocycles. The Kier molecular flexibility index (Phi) is 8.13. The van der Waals surface area contributed by atoms with Crippen LogP contribution < -0.4 is 9.64 Å². The van der Waals surface area contributed by atoms with Gasteiger partial charge in [0.05, 0.1) is 4.91 Å². The standard InChI is InChI=1S/C27H31N3O4S/c1-3-28(4-2)22-13-12-21(23(17-22)34-19-20-10-6-5-7-11-20)16-24-26(32)30(27(33)35-24)18-25(31)29-14-8-9-15-29/h5-7,10-13,16-17H,3-4,8-9,14-15,18-19H2,1-2H3/b24-16-. The molecule has 2 heterocycles. The second-order valence-corrected chi connectivity index (χ2v) is 9.52. The second-order valence-electron chi connectivity index (χ2n) is 8.52. The van der Waals surface area contributed by atoms with Gasteiger partial charge in [0, 0.05) is 43.5 Å². The van der Waals surface area contributed by atoms with Crippen molar-refractivity contribution >= 4 is 40.6 Å². The molecule has 2 fully saturated rings. The Bertz CT molecular complexity index is 1110. The Morgan fingerprint density at radius 3 is 2.46 bits per heavy atom. The van der Waals surface area contributed by atoms with E-state index in [2.05, 4.69) is 18.7 Å². The summed E-state index contributed by atoms with van der Waals surface area (Å²) < 4.78 is 6.18. The van der Waals surface area contributed by atoms with Gasteiger partial charge < -0.3 is 14.5 Å². The van der Waals surface area contributed by atoms with Crippen molar-refractivity contribution in [1.29, 1.82) is 0 Å². The summed E-state index contributed by atoms with van der Waals surface area (Å²) in [5, 5.41) is -0.416. The smallest absolute Gasteiger partial charge is 0.294 e. The molecule has 8 heteroatoms. The molecule has 3 amide bonds. The van der Waals surface area contributed by atoms with Crippen LogP contribution >= 0.6 is 11.8 Å².